The van der Waals surface area contributed by atoms with E-state index in [9.17, 15) is 14.7 Å². The number of amides is 2. The minimum absolute atomic E-state index is 0.257. The molecule has 1 aromatic rings. The molecule has 1 aliphatic carbocycles. The predicted octanol–water partition coefficient (Wildman–Crippen LogP) is 2.23. The van der Waals surface area contributed by atoms with Crippen LogP contribution in [0.2, 0.25) is 0 Å². The van der Waals surface area contributed by atoms with E-state index in [0.717, 1.165) is 24.8 Å². The third-order valence-corrected chi connectivity index (χ3v) is 4.21. The molecule has 1 atom stereocenters. The van der Waals surface area contributed by atoms with Gasteiger partial charge in [-0.25, -0.2) is 0 Å². The van der Waals surface area contributed by atoms with Gasteiger partial charge in [-0.15, -0.1) is 0 Å². The average molecular weight is 330 g/mol. The van der Waals surface area contributed by atoms with Crippen LogP contribution in [0.25, 0.3) is 0 Å². The molecule has 0 heterocycles. The van der Waals surface area contributed by atoms with Gasteiger partial charge in [-0.2, -0.15) is 0 Å². The van der Waals surface area contributed by atoms with E-state index in [0.29, 0.717) is 13.0 Å². The zero-order valence-corrected chi connectivity index (χ0v) is 14.0. The van der Waals surface area contributed by atoms with Crippen molar-refractivity contribution in [2.75, 3.05) is 13.1 Å². The number of carbonyl (C=O) groups is 2. The molecule has 0 aromatic heterocycles. The smallest absolute Gasteiger partial charge is 0.309 e. The van der Waals surface area contributed by atoms with Crippen LogP contribution < -0.4 is 10.6 Å². The molecule has 0 saturated heterocycles. The lowest BCUT2D eigenvalue weighted by Gasteiger charge is -2.13. The second-order valence-corrected chi connectivity index (χ2v) is 6.09. The van der Waals surface area contributed by atoms with Gasteiger partial charge in [0.15, 0.2) is 0 Å². The fourth-order valence-corrected chi connectivity index (χ4v) is 2.79. The Morgan fingerprint density at radius 1 is 1.04 bits per heavy atom. The Labute approximate surface area is 143 Å². The monoisotopic (exact) mass is 330 g/mol. The number of hydrogen-bond acceptors (Lipinski definition) is 3. The van der Waals surface area contributed by atoms with Gasteiger partial charge < -0.3 is 15.7 Å². The van der Waals surface area contributed by atoms with Crippen molar-refractivity contribution in [2.45, 2.75) is 44.6 Å². The van der Waals surface area contributed by atoms with Gasteiger partial charge in [0.05, 0.1) is 6.10 Å². The first-order valence-electron chi connectivity index (χ1n) is 8.64. The van der Waals surface area contributed by atoms with Crippen LogP contribution in [0.1, 0.15) is 50.2 Å². The van der Waals surface area contributed by atoms with E-state index in [1.165, 1.54) is 18.4 Å². The Morgan fingerprint density at radius 3 is 2.42 bits per heavy atom. The molecule has 5 heteroatoms. The van der Waals surface area contributed by atoms with Crippen LogP contribution in [0.3, 0.4) is 0 Å². The molecule has 0 spiro atoms. The van der Waals surface area contributed by atoms with Gasteiger partial charge in [-0.1, -0.05) is 42.0 Å². The fraction of sp³-hybridized carbons (Fsp3) is 0.474. The molecule has 0 radical (unpaired) electrons. The third kappa shape index (κ3) is 6.16. The molecule has 130 valence electrons. The summed E-state index contributed by atoms with van der Waals surface area (Å²) in [4.78, 5) is 23.4. The summed E-state index contributed by atoms with van der Waals surface area (Å²) in [6.45, 7) is 0.748. The highest BCUT2D eigenvalue weighted by Gasteiger charge is 2.14. The van der Waals surface area contributed by atoms with E-state index in [4.69, 9.17) is 0 Å². The van der Waals surface area contributed by atoms with Gasteiger partial charge in [-0.05, 0) is 44.1 Å². The summed E-state index contributed by atoms with van der Waals surface area (Å²) >= 11 is 0. The topological polar surface area (TPSA) is 78.4 Å². The van der Waals surface area contributed by atoms with Crippen LogP contribution in [0, 0.1) is 0 Å². The normalized spacial score (nSPS) is 15.3. The summed E-state index contributed by atoms with van der Waals surface area (Å²) in [7, 11) is 0. The molecule has 0 fully saturated rings. The first-order valence-corrected chi connectivity index (χ1v) is 8.64. The minimum Gasteiger partial charge on any atom is -0.388 e. The largest absolute Gasteiger partial charge is 0.388 e. The quantitative estimate of drug-likeness (QED) is 0.530. The number of nitrogens with one attached hydrogen (secondary N) is 2. The summed E-state index contributed by atoms with van der Waals surface area (Å²) < 4.78 is 0. The summed E-state index contributed by atoms with van der Waals surface area (Å²) in [5.41, 5.74) is 2.17. The Kier molecular flexibility index (Phi) is 7.49. The number of aliphatic hydroxyl groups excluding tert-OH is 1. The van der Waals surface area contributed by atoms with Gasteiger partial charge in [0.2, 0.25) is 0 Å². The number of aliphatic hydroxyl groups is 1. The Morgan fingerprint density at radius 2 is 1.75 bits per heavy atom. The molecule has 0 bridgehead atoms. The van der Waals surface area contributed by atoms with Crippen molar-refractivity contribution in [1.29, 1.82) is 0 Å². The molecule has 2 amide bonds. The molecule has 1 aromatic carbocycles. The number of carbonyl (C=O) groups excluding carboxylic acids is 2. The Balaban J connectivity index is 1.61. The number of hydrogen-bond donors (Lipinski definition) is 3. The molecule has 1 aliphatic rings. The number of benzene rings is 1. The first-order chi connectivity index (χ1) is 11.7. The van der Waals surface area contributed by atoms with Crippen molar-refractivity contribution in [2.24, 2.45) is 0 Å². The van der Waals surface area contributed by atoms with E-state index in [-0.39, 0.29) is 6.54 Å². The Bertz CT molecular complexity index is 569. The van der Waals surface area contributed by atoms with Gasteiger partial charge in [-0.3, -0.25) is 9.59 Å². The van der Waals surface area contributed by atoms with Crippen LogP contribution in [0.5, 0.6) is 0 Å². The molecule has 0 aliphatic heterocycles. The van der Waals surface area contributed by atoms with Crippen molar-refractivity contribution in [3.63, 3.8) is 0 Å². The highest BCUT2D eigenvalue weighted by Crippen LogP contribution is 2.19. The molecule has 3 N–H and O–H groups in total. The van der Waals surface area contributed by atoms with Crippen molar-refractivity contribution in [3.05, 3.63) is 47.5 Å². The molecule has 2 rings (SSSR count). The van der Waals surface area contributed by atoms with Crippen LogP contribution in [0.4, 0.5) is 0 Å². The summed E-state index contributed by atoms with van der Waals surface area (Å²) in [6.07, 6.45) is 7.44. The summed E-state index contributed by atoms with van der Waals surface area (Å²) in [5.74, 6) is -1.26. The van der Waals surface area contributed by atoms with E-state index in [1.807, 2.05) is 30.3 Å². The predicted molar refractivity (Wildman–Crippen MR) is 93.2 cm³/mol. The van der Waals surface area contributed by atoms with E-state index in [2.05, 4.69) is 16.7 Å². The van der Waals surface area contributed by atoms with Crippen LogP contribution in [-0.4, -0.2) is 30.0 Å². The second-order valence-electron chi connectivity index (χ2n) is 6.09. The summed E-state index contributed by atoms with van der Waals surface area (Å²) in [6, 6.07) is 9.25. The number of allylic oxidation sites excluding steroid dienone is 1. The van der Waals surface area contributed by atoms with Crippen molar-refractivity contribution < 1.29 is 14.7 Å². The van der Waals surface area contributed by atoms with Crippen LogP contribution in [-0.2, 0) is 9.59 Å². The zero-order chi connectivity index (χ0) is 17.2. The highest BCUT2D eigenvalue weighted by molar-refractivity contribution is 6.35. The molecule has 1 unspecified atom stereocenters. The van der Waals surface area contributed by atoms with Crippen LogP contribution >= 0.6 is 0 Å². The van der Waals surface area contributed by atoms with E-state index < -0.39 is 17.9 Å². The van der Waals surface area contributed by atoms with Crippen LogP contribution in [0.15, 0.2) is 42.0 Å². The second kappa shape index (κ2) is 9.88. The van der Waals surface area contributed by atoms with Crippen molar-refractivity contribution in [3.8, 4) is 0 Å². The lowest BCUT2D eigenvalue weighted by molar-refractivity contribution is -0.139. The van der Waals surface area contributed by atoms with E-state index >= 15 is 0 Å². The third-order valence-electron chi connectivity index (χ3n) is 4.21. The zero-order valence-electron chi connectivity index (χ0n) is 14.0. The van der Waals surface area contributed by atoms with Gasteiger partial charge in [0, 0.05) is 13.1 Å². The summed E-state index contributed by atoms with van der Waals surface area (Å²) in [5, 5.41) is 15.2. The maximum atomic E-state index is 11.7. The first kappa shape index (κ1) is 18.2. The average Bonchev–Trinajstić information content (AvgIpc) is 2.63. The lowest BCUT2D eigenvalue weighted by Crippen LogP contribution is -2.40. The fourth-order valence-electron chi connectivity index (χ4n) is 2.79. The molecular formula is C19H26N2O3. The molecule has 5 nitrogen and oxygen atoms in total. The van der Waals surface area contributed by atoms with Gasteiger partial charge >= 0.3 is 11.8 Å². The minimum atomic E-state index is -0.646. The van der Waals surface area contributed by atoms with Gasteiger partial charge in [0.25, 0.3) is 0 Å². The number of rotatable bonds is 7. The van der Waals surface area contributed by atoms with Gasteiger partial charge in [0.1, 0.15) is 0 Å². The molecular weight excluding hydrogens is 304 g/mol. The standard InChI is InChI=1S/C19H26N2O3/c22-17(16-9-5-2-6-10-16)12-14-21-19(24)18(23)20-13-11-15-7-3-1-4-8-15/h2,5-7,9-10,17,22H,1,3-4,8,11-14H2,(H,20,23)(H,21,24). The highest BCUT2D eigenvalue weighted by atomic mass is 16.3. The van der Waals surface area contributed by atoms with Crippen molar-refractivity contribution in [1.82, 2.24) is 10.6 Å². The molecule has 24 heavy (non-hydrogen) atoms. The maximum absolute atomic E-state index is 11.7. The molecule has 0 saturated carbocycles. The lowest BCUT2D eigenvalue weighted by atomic mass is 9.97. The SMILES string of the molecule is O=C(NCCC1=CCCCC1)C(=O)NCCC(O)c1ccccc1. The van der Waals surface area contributed by atoms with Crippen molar-refractivity contribution >= 4 is 11.8 Å². The van der Waals surface area contributed by atoms with E-state index in [1.54, 1.807) is 0 Å². The Hall–Kier alpha value is -2.14. The maximum Gasteiger partial charge on any atom is 0.309 e.